The first-order valence-corrected chi connectivity index (χ1v) is 7.72. The highest BCUT2D eigenvalue weighted by atomic mass is 35.5. The number of likely N-dealkylation sites (tertiary alicyclic amines) is 1. The zero-order valence-corrected chi connectivity index (χ0v) is 12.8. The number of nitriles is 1. The Balaban J connectivity index is 0.00000147. The van der Waals surface area contributed by atoms with Crippen LogP contribution in [0.4, 0.5) is 0 Å². The molecule has 2 saturated heterocycles. The maximum atomic E-state index is 12.6. The third-order valence-electron chi connectivity index (χ3n) is 5.19. The molecule has 2 heterocycles. The van der Waals surface area contributed by atoms with Gasteiger partial charge in [0.25, 0.3) is 0 Å². The number of hydrogen-bond donors (Lipinski definition) is 1. The maximum Gasteiger partial charge on any atom is 0.240 e. The van der Waals surface area contributed by atoms with Crippen LogP contribution in [0.1, 0.15) is 57.8 Å². The van der Waals surface area contributed by atoms with Gasteiger partial charge < -0.3 is 10.2 Å². The van der Waals surface area contributed by atoms with E-state index in [1.165, 1.54) is 32.1 Å². The number of hydrogen-bond acceptors (Lipinski definition) is 3. The van der Waals surface area contributed by atoms with Crippen LogP contribution in [0.15, 0.2) is 0 Å². The number of rotatable bonds is 1. The summed E-state index contributed by atoms with van der Waals surface area (Å²) in [5.41, 5.74) is 0.237. The third-order valence-corrected chi connectivity index (χ3v) is 5.19. The lowest BCUT2D eigenvalue weighted by molar-refractivity contribution is -0.133. The van der Waals surface area contributed by atoms with E-state index in [4.69, 9.17) is 5.26 Å². The van der Waals surface area contributed by atoms with Crippen molar-refractivity contribution in [3.05, 3.63) is 0 Å². The Bertz CT molecular complexity index is 400. The van der Waals surface area contributed by atoms with Gasteiger partial charge in [0, 0.05) is 12.1 Å². The lowest BCUT2D eigenvalue weighted by Gasteiger charge is -2.35. The number of amides is 1. The first-order valence-electron chi connectivity index (χ1n) is 7.72. The second-order valence-corrected chi connectivity index (χ2v) is 6.40. The van der Waals surface area contributed by atoms with Crippen molar-refractivity contribution in [1.82, 2.24) is 10.2 Å². The summed E-state index contributed by atoms with van der Waals surface area (Å²) in [7, 11) is 0. The van der Waals surface area contributed by atoms with Crippen molar-refractivity contribution in [2.75, 3.05) is 6.54 Å². The van der Waals surface area contributed by atoms with Crippen molar-refractivity contribution in [3.63, 3.8) is 0 Å². The van der Waals surface area contributed by atoms with Crippen LogP contribution >= 0.6 is 12.4 Å². The van der Waals surface area contributed by atoms with Gasteiger partial charge in [-0.3, -0.25) is 4.79 Å². The third kappa shape index (κ3) is 2.80. The van der Waals surface area contributed by atoms with Gasteiger partial charge in [0.1, 0.15) is 6.04 Å². The van der Waals surface area contributed by atoms with Crippen LogP contribution in [0.25, 0.3) is 0 Å². The van der Waals surface area contributed by atoms with Crippen molar-refractivity contribution in [1.29, 1.82) is 5.26 Å². The molecule has 1 aliphatic carbocycles. The standard InChI is InChI=1S/C15H23N3O.ClH/c16-11-12-5-4-10-18(12)14(19)13-6-9-15(17-13)7-2-1-3-8-15;/h12-13,17H,1-10H2;1H/t12-,13?;/m0./s1. The summed E-state index contributed by atoms with van der Waals surface area (Å²) in [6.45, 7) is 0.766. The maximum absolute atomic E-state index is 12.6. The molecule has 1 amide bonds. The Kier molecular flexibility index (Phi) is 4.93. The van der Waals surface area contributed by atoms with E-state index in [-0.39, 0.29) is 35.9 Å². The average molecular weight is 298 g/mol. The first-order chi connectivity index (χ1) is 9.24. The molecule has 3 fully saturated rings. The van der Waals surface area contributed by atoms with E-state index in [9.17, 15) is 4.79 Å². The minimum Gasteiger partial charge on any atom is -0.325 e. The second-order valence-electron chi connectivity index (χ2n) is 6.40. The topological polar surface area (TPSA) is 56.1 Å². The minimum atomic E-state index is -0.183. The molecule has 1 N–H and O–H groups in total. The molecule has 0 radical (unpaired) electrons. The van der Waals surface area contributed by atoms with E-state index < -0.39 is 0 Å². The summed E-state index contributed by atoms with van der Waals surface area (Å²) in [5, 5.41) is 12.7. The molecule has 3 aliphatic rings. The van der Waals surface area contributed by atoms with Crippen LogP contribution in [0.2, 0.25) is 0 Å². The average Bonchev–Trinajstić information content (AvgIpc) is 3.06. The number of nitrogens with zero attached hydrogens (tertiary/aromatic N) is 2. The number of carbonyl (C=O) groups excluding carboxylic acids is 1. The van der Waals surface area contributed by atoms with Gasteiger partial charge in [-0.1, -0.05) is 19.3 Å². The van der Waals surface area contributed by atoms with Gasteiger partial charge in [-0.2, -0.15) is 5.26 Å². The minimum absolute atomic E-state index is 0. The molecule has 0 aromatic heterocycles. The van der Waals surface area contributed by atoms with Crippen LogP contribution in [0, 0.1) is 11.3 Å². The Labute approximate surface area is 127 Å². The van der Waals surface area contributed by atoms with Crippen LogP contribution in [-0.2, 0) is 4.79 Å². The highest BCUT2D eigenvalue weighted by Gasteiger charge is 2.44. The molecule has 5 heteroatoms. The molecule has 0 aromatic rings. The van der Waals surface area contributed by atoms with Gasteiger partial charge in [0.05, 0.1) is 12.1 Å². The largest absolute Gasteiger partial charge is 0.325 e. The molecular weight excluding hydrogens is 274 g/mol. The van der Waals surface area contributed by atoms with Crippen LogP contribution < -0.4 is 5.32 Å². The van der Waals surface area contributed by atoms with Crippen LogP contribution in [-0.4, -0.2) is 35.0 Å². The fourth-order valence-electron chi connectivity index (χ4n) is 4.11. The molecule has 2 atom stereocenters. The van der Waals surface area contributed by atoms with Gasteiger partial charge in [0.15, 0.2) is 0 Å². The predicted octanol–water partition coefficient (Wildman–Crippen LogP) is 2.38. The van der Waals surface area contributed by atoms with E-state index in [1.807, 2.05) is 0 Å². The normalized spacial score (nSPS) is 31.9. The molecule has 112 valence electrons. The molecule has 0 bridgehead atoms. The Morgan fingerprint density at radius 3 is 2.60 bits per heavy atom. The van der Waals surface area contributed by atoms with Crippen molar-refractivity contribution < 1.29 is 4.79 Å². The summed E-state index contributed by atoms with van der Waals surface area (Å²) in [6.07, 6.45) is 10.3. The van der Waals surface area contributed by atoms with E-state index in [0.29, 0.717) is 0 Å². The van der Waals surface area contributed by atoms with Crippen molar-refractivity contribution in [2.24, 2.45) is 0 Å². The zero-order chi connectivity index (χ0) is 13.3. The molecule has 4 nitrogen and oxygen atoms in total. The number of nitrogens with one attached hydrogen (secondary N) is 1. The van der Waals surface area contributed by atoms with E-state index >= 15 is 0 Å². The van der Waals surface area contributed by atoms with Crippen molar-refractivity contribution in [3.8, 4) is 6.07 Å². The second kappa shape index (κ2) is 6.32. The lowest BCUT2D eigenvalue weighted by Crippen LogP contribution is -2.51. The van der Waals surface area contributed by atoms with E-state index in [0.717, 1.165) is 32.2 Å². The van der Waals surface area contributed by atoms with Crippen LogP contribution in [0.5, 0.6) is 0 Å². The smallest absolute Gasteiger partial charge is 0.240 e. The van der Waals surface area contributed by atoms with Gasteiger partial charge in [-0.15, -0.1) is 12.4 Å². The number of carbonyl (C=O) groups is 1. The quantitative estimate of drug-likeness (QED) is 0.808. The molecule has 2 aliphatic heterocycles. The van der Waals surface area contributed by atoms with E-state index in [2.05, 4.69) is 11.4 Å². The Hall–Kier alpha value is -0.790. The summed E-state index contributed by atoms with van der Waals surface area (Å²) in [4.78, 5) is 14.4. The Morgan fingerprint density at radius 2 is 1.90 bits per heavy atom. The number of halogens is 1. The highest BCUT2D eigenvalue weighted by Crippen LogP contribution is 2.37. The monoisotopic (exact) mass is 297 g/mol. The molecule has 1 spiro atoms. The SMILES string of the molecule is Cl.N#C[C@@H]1CCCN1C(=O)C1CCC2(CCCCC2)N1. The first kappa shape index (κ1) is 15.6. The highest BCUT2D eigenvalue weighted by molar-refractivity contribution is 5.85. The van der Waals surface area contributed by atoms with Crippen LogP contribution in [0.3, 0.4) is 0 Å². The zero-order valence-electron chi connectivity index (χ0n) is 11.9. The van der Waals surface area contributed by atoms with E-state index in [1.54, 1.807) is 4.90 Å². The fourth-order valence-corrected chi connectivity index (χ4v) is 4.11. The van der Waals surface area contributed by atoms with Gasteiger partial charge in [-0.25, -0.2) is 0 Å². The summed E-state index contributed by atoms with van der Waals surface area (Å²) < 4.78 is 0. The summed E-state index contributed by atoms with van der Waals surface area (Å²) in [5.74, 6) is 0.173. The predicted molar refractivity (Wildman–Crippen MR) is 79.6 cm³/mol. The fraction of sp³-hybridized carbons (Fsp3) is 0.867. The summed E-state index contributed by atoms with van der Waals surface area (Å²) in [6, 6.07) is 2.05. The van der Waals surface area contributed by atoms with Gasteiger partial charge in [-0.05, 0) is 38.5 Å². The molecule has 3 rings (SSSR count). The molecule has 0 aromatic carbocycles. The van der Waals surface area contributed by atoms with Gasteiger partial charge in [0.2, 0.25) is 5.91 Å². The molecule has 20 heavy (non-hydrogen) atoms. The Morgan fingerprint density at radius 1 is 1.15 bits per heavy atom. The lowest BCUT2D eigenvalue weighted by atomic mass is 9.81. The molecular formula is C15H24ClN3O. The van der Waals surface area contributed by atoms with Crippen molar-refractivity contribution >= 4 is 18.3 Å². The molecule has 1 saturated carbocycles. The molecule has 1 unspecified atom stereocenters. The summed E-state index contributed by atoms with van der Waals surface area (Å²) >= 11 is 0. The van der Waals surface area contributed by atoms with Gasteiger partial charge >= 0.3 is 0 Å². The van der Waals surface area contributed by atoms with Crippen molar-refractivity contribution in [2.45, 2.75) is 75.4 Å².